The molecule has 1 atom stereocenters. The Balaban J connectivity index is 1.50. The molecule has 1 aromatic carbocycles. The fourth-order valence-corrected chi connectivity index (χ4v) is 3.48. The van der Waals surface area contributed by atoms with Gasteiger partial charge in [-0.3, -0.25) is 0 Å². The van der Waals surface area contributed by atoms with Crippen LogP contribution in [-0.2, 0) is 13.0 Å². The third kappa shape index (κ3) is 4.08. The number of ether oxygens (including phenoxy) is 2. The largest absolute Gasteiger partial charge is 0.497 e. The summed E-state index contributed by atoms with van der Waals surface area (Å²) in [6.45, 7) is 3.03. The van der Waals surface area contributed by atoms with E-state index in [0.29, 0.717) is 17.4 Å². The minimum atomic E-state index is -0.0207. The summed E-state index contributed by atoms with van der Waals surface area (Å²) in [5, 5.41) is 15.4. The molecule has 3 aromatic rings. The molecule has 2 N–H and O–H groups in total. The van der Waals surface area contributed by atoms with Crippen molar-refractivity contribution in [2.45, 2.75) is 38.8 Å². The second kappa shape index (κ2) is 8.34. The second-order valence-corrected chi connectivity index (χ2v) is 6.93. The highest BCUT2D eigenvalue weighted by atomic mass is 16.5. The number of methoxy groups -OCH3 is 2. The number of aryl methyl sites for hydroxylation is 1. The van der Waals surface area contributed by atoms with Crippen LogP contribution in [0.15, 0.2) is 30.6 Å². The van der Waals surface area contributed by atoms with Crippen LogP contribution in [0.3, 0.4) is 0 Å². The van der Waals surface area contributed by atoms with Crippen molar-refractivity contribution in [3.05, 3.63) is 42.2 Å². The minimum absolute atomic E-state index is 0.0207. The van der Waals surface area contributed by atoms with E-state index < -0.39 is 0 Å². The van der Waals surface area contributed by atoms with E-state index in [1.807, 2.05) is 24.3 Å². The molecule has 0 fully saturated rings. The van der Waals surface area contributed by atoms with Crippen LogP contribution in [0.4, 0.5) is 17.3 Å². The summed E-state index contributed by atoms with van der Waals surface area (Å²) < 4.78 is 12.9. The molecule has 29 heavy (non-hydrogen) atoms. The van der Waals surface area contributed by atoms with Gasteiger partial charge in [-0.25, -0.2) is 9.97 Å². The number of nitrogens with one attached hydrogen (secondary N) is 2. The van der Waals surface area contributed by atoms with Crippen LogP contribution in [0.1, 0.15) is 37.5 Å². The topological polar surface area (TPSA) is 99.0 Å². The van der Waals surface area contributed by atoms with Crippen LogP contribution in [0.5, 0.6) is 11.5 Å². The van der Waals surface area contributed by atoms with Crippen molar-refractivity contribution in [3.63, 3.8) is 0 Å². The molecule has 0 saturated carbocycles. The highest BCUT2D eigenvalue weighted by Crippen LogP contribution is 2.31. The predicted molar refractivity (Wildman–Crippen MR) is 110 cm³/mol. The summed E-state index contributed by atoms with van der Waals surface area (Å²) in [4.78, 5) is 8.65. The first-order valence-electron chi connectivity index (χ1n) is 9.67. The lowest BCUT2D eigenvalue weighted by Crippen LogP contribution is -2.18. The van der Waals surface area contributed by atoms with Crippen molar-refractivity contribution in [2.24, 2.45) is 0 Å². The van der Waals surface area contributed by atoms with E-state index in [2.05, 4.69) is 42.3 Å². The summed E-state index contributed by atoms with van der Waals surface area (Å²) in [5.41, 5.74) is 0.789. The average Bonchev–Trinajstić information content (AvgIpc) is 3.18. The Hall–Kier alpha value is -3.36. The standard InChI is InChI=1S/C20H25N7O2/c1-13(20-26-25-19-6-4-5-9-27(19)20)23-17-11-18(22-12-21-17)24-15-8-7-14(28-2)10-16(15)29-3/h7-8,10-13H,4-6,9H2,1-3H3,(H2,21,22,23,24). The van der Waals surface area contributed by atoms with Crippen LogP contribution in [0.25, 0.3) is 0 Å². The van der Waals surface area contributed by atoms with Crippen molar-refractivity contribution in [2.75, 3.05) is 24.9 Å². The Bertz CT molecular complexity index is 989. The molecule has 0 radical (unpaired) electrons. The number of anilines is 3. The van der Waals surface area contributed by atoms with Crippen molar-refractivity contribution >= 4 is 17.3 Å². The van der Waals surface area contributed by atoms with Crippen LogP contribution < -0.4 is 20.1 Å². The number of fused-ring (bicyclic) bond motifs is 1. The monoisotopic (exact) mass is 395 g/mol. The number of hydrogen-bond donors (Lipinski definition) is 2. The van der Waals surface area contributed by atoms with Crippen LogP contribution in [0.2, 0.25) is 0 Å². The van der Waals surface area contributed by atoms with E-state index in [1.54, 1.807) is 14.2 Å². The Labute approximate surface area is 169 Å². The van der Waals surface area contributed by atoms with Gasteiger partial charge in [-0.2, -0.15) is 0 Å². The number of benzene rings is 1. The zero-order valence-electron chi connectivity index (χ0n) is 16.8. The molecule has 0 amide bonds. The van der Waals surface area contributed by atoms with Crippen LogP contribution >= 0.6 is 0 Å². The van der Waals surface area contributed by atoms with E-state index >= 15 is 0 Å². The minimum Gasteiger partial charge on any atom is -0.497 e. The van der Waals surface area contributed by atoms with Gasteiger partial charge < -0.3 is 24.7 Å². The molecule has 9 nitrogen and oxygen atoms in total. The molecule has 9 heteroatoms. The average molecular weight is 395 g/mol. The van der Waals surface area contributed by atoms with Gasteiger partial charge in [-0.1, -0.05) is 0 Å². The first-order chi connectivity index (χ1) is 14.2. The normalized spacial score (nSPS) is 14.0. The summed E-state index contributed by atoms with van der Waals surface area (Å²) in [6.07, 6.45) is 4.85. The Morgan fingerprint density at radius 1 is 1.03 bits per heavy atom. The van der Waals surface area contributed by atoms with Crippen LogP contribution in [-0.4, -0.2) is 39.0 Å². The molecule has 0 bridgehead atoms. The van der Waals surface area contributed by atoms with Crippen molar-refractivity contribution in [1.82, 2.24) is 24.7 Å². The van der Waals surface area contributed by atoms with E-state index in [-0.39, 0.29) is 6.04 Å². The Morgan fingerprint density at radius 2 is 1.90 bits per heavy atom. The van der Waals surface area contributed by atoms with Gasteiger partial charge >= 0.3 is 0 Å². The fraction of sp³-hybridized carbons (Fsp3) is 0.400. The SMILES string of the molecule is COc1ccc(Nc2cc(NC(C)c3nnc4n3CCCC4)ncn2)c(OC)c1. The molecule has 1 unspecified atom stereocenters. The molecule has 2 aromatic heterocycles. The molecular weight excluding hydrogens is 370 g/mol. The highest BCUT2D eigenvalue weighted by molar-refractivity contribution is 5.66. The number of aromatic nitrogens is 5. The molecule has 3 heterocycles. The maximum Gasteiger partial charge on any atom is 0.155 e. The van der Waals surface area contributed by atoms with Crippen LogP contribution in [0, 0.1) is 0 Å². The van der Waals surface area contributed by atoms with Gasteiger partial charge in [0, 0.05) is 25.1 Å². The molecule has 1 aliphatic heterocycles. The third-order valence-electron chi connectivity index (χ3n) is 4.98. The maximum atomic E-state index is 5.44. The van der Waals surface area contributed by atoms with Gasteiger partial charge in [-0.05, 0) is 31.9 Å². The molecule has 0 aliphatic carbocycles. The molecule has 4 rings (SSSR count). The zero-order valence-corrected chi connectivity index (χ0v) is 16.8. The zero-order chi connectivity index (χ0) is 20.2. The molecule has 1 aliphatic rings. The summed E-state index contributed by atoms with van der Waals surface area (Å²) in [6, 6.07) is 7.40. The van der Waals surface area contributed by atoms with Crippen molar-refractivity contribution in [3.8, 4) is 11.5 Å². The van der Waals surface area contributed by atoms with Gasteiger partial charge in [0.05, 0.1) is 25.9 Å². The lowest BCUT2D eigenvalue weighted by Gasteiger charge is -2.19. The lowest BCUT2D eigenvalue weighted by atomic mass is 10.1. The highest BCUT2D eigenvalue weighted by Gasteiger charge is 2.20. The van der Waals surface area contributed by atoms with E-state index in [4.69, 9.17) is 9.47 Å². The quantitative estimate of drug-likeness (QED) is 0.628. The molecule has 152 valence electrons. The Kier molecular flexibility index (Phi) is 5.46. The summed E-state index contributed by atoms with van der Waals surface area (Å²) in [5.74, 6) is 4.75. The second-order valence-electron chi connectivity index (χ2n) is 6.93. The fourth-order valence-electron chi connectivity index (χ4n) is 3.48. The Morgan fingerprint density at radius 3 is 2.72 bits per heavy atom. The maximum absolute atomic E-state index is 5.44. The van der Waals surface area contributed by atoms with E-state index in [0.717, 1.165) is 42.5 Å². The third-order valence-corrected chi connectivity index (χ3v) is 4.98. The smallest absolute Gasteiger partial charge is 0.155 e. The summed E-state index contributed by atoms with van der Waals surface area (Å²) >= 11 is 0. The predicted octanol–water partition coefficient (Wildman–Crippen LogP) is 3.34. The number of nitrogens with zero attached hydrogens (tertiary/aromatic N) is 5. The first-order valence-corrected chi connectivity index (χ1v) is 9.67. The van der Waals surface area contributed by atoms with E-state index in [1.165, 1.54) is 12.7 Å². The molecule has 0 saturated heterocycles. The number of hydrogen-bond acceptors (Lipinski definition) is 8. The van der Waals surface area contributed by atoms with Crippen molar-refractivity contribution in [1.29, 1.82) is 0 Å². The van der Waals surface area contributed by atoms with Gasteiger partial charge in [0.15, 0.2) is 5.82 Å². The van der Waals surface area contributed by atoms with Gasteiger partial charge in [0.2, 0.25) is 0 Å². The molecular formula is C20H25N7O2. The van der Waals surface area contributed by atoms with Gasteiger partial charge in [0.25, 0.3) is 0 Å². The van der Waals surface area contributed by atoms with Gasteiger partial charge in [0.1, 0.15) is 35.3 Å². The molecule has 0 spiro atoms. The summed E-state index contributed by atoms with van der Waals surface area (Å²) in [7, 11) is 3.24. The first kappa shape index (κ1) is 19.0. The van der Waals surface area contributed by atoms with Crippen molar-refractivity contribution < 1.29 is 9.47 Å². The van der Waals surface area contributed by atoms with Gasteiger partial charge in [-0.15, -0.1) is 10.2 Å². The lowest BCUT2D eigenvalue weighted by molar-refractivity contribution is 0.395. The van der Waals surface area contributed by atoms with E-state index in [9.17, 15) is 0 Å². The number of rotatable bonds is 7.